The average molecular weight is 213 g/mol. The minimum atomic E-state index is -0.980. The van der Waals surface area contributed by atoms with Crippen molar-refractivity contribution in [3.05, 3.63) is 0 Å². The van der Waals surface area contributed by atoms with Gasteiger partial charge in [0.2, 0.25) is 0 Å². The summed E-state index contributed by atoms with van der Waals surface area (Å²) >= 11 is 4.74. The Bertz CT molecular complexity index is 102. The highest BCUT2D eigenvalue weighted by molar-refractivity contribution is 6.26. The van der Waals surface area contributed by atoms with E-state index in [0.29, 0.717) is 0 Å². The van der Waals surface area contributed by atoms with Crippen LogP contribution in [0.5, 0.6) is 0 Å². The number of hydrogen-bond donors (Lipinski definition) is 3. The van der Waals surface area contributed by atoms with Crippen molar-refractivity contribution in [2.75, 3.05) is 19.1 Å². The first kappa shape index (κ1) is 15.2. The van der Waals surface area contributed by atoms with Gasteiger partial charge in [0.05, 0.1) is 0 Å². The van der Waals surface area contributed by atoms with E-state index in [2.05, 4.69) is 0 Å². The van der Waals surface area contributed by atoms with Gasteiger partial charge in [-0.25, -0.2) is 0 Å². The number of halogens is 1. The molecule has 4 nitrogen and oxygen atoms in total. The number of alkyl halides is 1. The molecule has 80 valence electrons. The second-order valence-corrected chi connectivity index (χ2v) is 2.66. The molecule has 0 saturated carbocycles. The fraction of sp³-hybridized carbons (Fsp3) is 0.875. The first-order chi connectivity index (χ1) is 6.18. The van der Waals surface area contributed by atoms with Gasteiger partial charge in [0.1, 0.15) is 5.88 Å². The molecule has 0 saturated heterocycles. The Hall–Kier alpha value is -0.320. The fourth-order valence-electron chi connectivity index (χ4n) is 0.577. The summed E-state index contributed by atoms with van der Waals surface area (Å²) in [6.07, 6.45) is 3.83. The normalized spacial score (nSPS) is 8.85. The highest BCUT2D eigenvalue weighted by Crippen LogP contribution is 1.96. The van der Waals surface area contributed by atoms with Crippen LogP contribution in [-0.4, -0.2) is 40.4 Å². The molecule has 0 aliphatic carbocycles. The summed E-state index contributed by atoms with van der Waals surface area (Å²) in [5.74, 6) is -1.29. The monoisotopic (exact) mass is 212 g/mol. The lowest BCUT2D eigenvalue weighted by atomic mass is 10.2. The first-order valence-electron chi connectivity index (χ1n) is 4.18. The first-order valence-corrected chi connectivity index (χ1v) is 4.72. The maximum Gasteiger partial charge on any atom is 0.318 e. The Kier molecular flexibility index (Phi) is 16.6. The Morgan fingerprint density at radius 3 is 1.46 bits per heavy atom. The summed E-state index contributed by atoms with van der Waals surface area (Å²) in [7, 11) is 0. The lowest BCUT2D eigenvalue weighted by molar-refractivity contribution is -0.134. The van der Waals surface area contributed by atoms with E-state index in [1.807, 2.05) is 0 Å². The van der Waals surface area contributed by atoms with E-state index >= 15 is 0 Å². The van der Waals surface area contributed by atoms with Crippen molar-refractivity contribution < 1.29 is 20.1 Å². The van der Waals surface area contributed by atoms with Crippen LogP contribution in [0, 0.1) is 0 Å². The molecule has 0 atom stereocenters. The van der Waals surface area contributed by atoms with Gasteiger partial charge in [-0.2, -0.15) is 0 Å². The number of carboxylic acids is 1. The van der Waals surface area contributed by atoms with Crippen molar-refractivity contribution in [3.8, 4) is 0 Å². The van der Waals surface area contributed by atoms with Gasteiger partial charge in [-0.05, 0) is 12.8 Å². The Morgan fingerprint density at radius 2 is 1.31 bits per heavy atom. The van der Waals surface area contributed by atoms with Crippen molar-refractivity contribution >= 4 is 17.6 Å². The Balaban J connectivity index is 0. The predicted octanol–water partition coefficient (Wildman–Crippen LogP) is 0.841. The van der Waals surface area contributed by atoms with Crippen molar-refractivity contribution in [1.82, 2.24) is 0 Å². The van der Waals surface area contributed by atoms with Gasteiger partial charge < -0.3 is 15.3 Å². The van der Waals surface area contributed by atoms with Crippen LogP contribution in [0.1, 0.15) is 25.7 Å². The maximum atomic E-state index is 9.24. The third-order valence-electron chi connectivity index (χ3n) is 1.18. The summed E-state index contributed by atoms with van der Waals surface area (Å²) in [5.41, 5.74) is 0. The van der Waals surface area contributed by atoms with Gasteiger partial charge in [0.15, 0.2) is 0 Å². The number of aliphatic hydroxyl groups is 2. The van der Waals surface area contributed by atoms with E-state index in [-0.39, 0.29) is 19.1 Å². The minimum Gasteiger partial charge on any atom is -0.480 e. The molecule has 0 rings (SSSR count). The topological polar surface area (TPSA) is 77.8 Å². The molecule has 3 N–H and O–H groups in total. The van der Waals surface area contributed by atoms with Crippen LogP contribution in [0.15, 0.2) is 0 Å². The van der Waals surface area contributed by atoms with Crippen LogP contribution < -0.4 is 0 Å². The van der Waals surface area contributed by atoms with E-state index in [1.54, 1.807) is 0 Å². The molecule has 0 amide bonds. The SMILES string of the molecule is O=C(O)CCl.OCCCCCCO. The minimum absolute atomic E-state index is 0.283. The number of aliphatic hydroxyl groups excluding tert-OH is 2. The lowest BCUT2D eigenvalue weighted by Crippen LogP contribution is -1.92. The van der Waals surface area contributed by atoms with Crippen molar-refractivity contribution in [2.24, 2.45) is 0 Å². The second-order valence-electron chi connectivity index (χ2n) is 2.39. The van der Waals surface area contributed by atoms with Crippen molar-refractivity contribution in [1.29, 1.82) is 0 Å². The molecular formula is C8H17ClO4. The molecule has 0 spiro atoms. The molecule has 0 radical (unpaired) electrons. The predicted molar refractivity (Wildman–Crippen MR) is 51.0 cm³/mol. The summed E-state index contributed by atoms with van der Waals surface area (Å²) in [6.45, 7) is 0.566. The van der Waals surface area contributed by atoms with Crippen molar-refractivity contribution in [3.63, 3.8) is 0 Å². The number of carboxylic acid groups (broad SMARTS) is 1. The van der Waals surface area contributed by atoms with Crippen LogP contribution in [0.4, 0.5) is 0 Å². The number of aliphatic carboxylic acids is 1. The number of hydrogen-bond acceptors (Lipinski definition) is 3. The smallest absolute Gasteiger partial charge is 0.318 e. The van der Waals surface area contributed by atoms with Crippen LogP contribution in [-0.2, 0) is 4.79 Å². The van der Waals surface area contributed by atoms with E-state index in [9.17, 15) is 4.79 Å². The average Bonchev–Trinajstić information content (AvgIpc) is 2.14. The summed E-state index contributed by atoms with van der Waals surface area (Å²) in [6, 6.07) is 0. The van der Waals surface area contributed by atoms with Gasteiger partial charge >= 0.3 is 5.97 Å². The molecule has 0 aromatic carbocycles. The fourth-order valence-corrected chi connectivity index (χ4v) is 0.577. The molecule has 5 heteroatoms. The van der Waals surface area contributed by atoms with Crippen molar-refractivity contribution in [2.45, 2.75) is 25.7 Å². The molecule has 0 aliphatic heterocycles. The van der Waals surface area contributed by atoms with Crippen LogP contribution in [0.3, 0.4) is 0 Å². The van der Waals surface area contributed by atoms with E-state index in [0.717, 1.165) is 25.7 Å². The Labute approximate surface area is 83.1 Å². The zero-order valence-corrected chi connectivity index (χ0v) is 8.33. The van der Waals surface area contributed by atoms with Crippen LogP contribution in [0.2, 0.25) is 0 Å². The molecular weight excluding hydrogens is 196 g/mol. The quantitative estimate of drug-likeness (QED) is 0.451. The standard InChI is InChI=1S/C6H14O2.C2H3ClO2/c7-5-3-1-2-4-6-8;3-1-2(4)5/h7-8H,1-6H2;1H2,(H,4,5). The summed E-state index contributed by atoms with van der Waals surface area (Å²) in [5, 5.41) is 24.2. The van der Waals surface area contributed by atoms with Gasteiger partial charge in [-0.15, -0.1) is 11.6 Å². The van der Waals surface area contributed by atoms with Crippen LogP contribution >= 0.6 is 11.6 Å². The van der Waals surface area contributed by atoms with E-state index in [1.165, 1.54) is 0 Å². The van der Waals surface area contributed by atoms with Gasteiger partial charge in [-0.3, -0.25) is 4.79 Å². The van der Waals surface area contributed by atoms with Gasteiger partial charge in [0.25, 0.3) is 0 Å². The lowest BCUT2D eigenvalue weighted by Gasteiger charge is -1.93. The van der Waals surface area contributed by atoms with Gasteiger partial charge in [0, 0.05) is 13.2 Å². The molecule has 13 heavy (non-hydrogen) atoms. The highest BCUT2D eigenvalue weighted by atomic mass is 35.5. The number of unbranched alkanes of at least 4 members (excludes halogenated alkanes) is 3. The van der Waals surface area contributed by atoms with Crippen LogP contribution in [0.25, 0.3) is 0 Å². The largest absolute Gasteiger partial charge is 0.480 e. The van der Waals surface area contributed by atoms with E-state index in [4.69, 9.17) is 26.9 Å². The molecule has 0 fully saturated rings. The molecule has 0 aliphatic rings. The molecule has 0 aromatic heterocycles. The summed E-state index contributed by atoms with van der Waals surface area (Å²) in [4.78, 5) is 9.24. The maximum absolute atomic E-state index is 9.24. The molecule has 0 bridgehead atoms. The summed E-state index contributed by atoms with van der Waals surface area (Å²) < 4.78 is 0. The Morgan fingerprint density at radius 1 is 1.00 bits per heavy atom. The molecule has 0 aromatic rings. The zero-order valence-electron chi connectivity index (χ0n) is 7.58. The second kappa shape index (κ2) is 14.2. The highest BCUT2D eigenvalue weighted by Gasteiger charge is 1.84. The number of carbonyl (C=O) groups is 1. The van der Waals surface area contributed by atoms with Gasteiger partial charge in [-0.1, -0.05) is 12.8 Å². The third kappa shape index (κ3) is 24.5. The third-order valence-corrected chi connectivity index (χ3v) is 1.41. The molecule has 0 heterocycles. The zero-order chi connectivity index (χ0) is 10.5. The van der Waals surface area contributed by atoms with E-state index < -0.39 is 5.97 Å². The molecule has 0 unspecified atom stereocenters. The number of rotatable bonds is 6.